The van der Waals surface area contributed by atoms with E-state index in [1.165, 1.54) is 13.0 Å². The molecule has 1 saturated heterocycles. The molecule has 100 valence electrons. The van der Waals surface area contributed by atoms with E-state index in [0.717, 1.165) is 29.9 Å². The van der Waals surface area contributed by atoms with Crippen molar-refractivity contribution in [2.75, 3.05) is 32.0 Å². The van der Waals surface area contributed by atoms with E-state index in [0.29, 0.717) is 5.41 Å². The Morgan fingerprint density at radius 1 is 1.32 bits per heavy atom. The smallest absolute Gasteiger partial charge is 0.145 e. The standard InChI is InChI=1S/C15H20N4/c1-15(7-8-19(2)11-15)10-17-14-9-16-12-5-3-4-6-13(12)18-14/h3-6,9H,7-8,10-11H2,1-2H3,(H,17,18). The molecule has 1 fully saturated rings. The number of para-hydroxylation sites is 2. The average Bonchev–Trinajstić information content (AvgIpc) is 2.77. The minimum Gasteiger partial charge on any atom is -0.368 e. The van der Waals surface area contributed by atoms with Gasteiger partial charge in [0.2, 0.25) is 0 Å². The van der Waals surface area contributed by atoms with Crippen LogP contribution in [0.4, 0.5) is 5.82 Å². The summed E-state index contributed by atoms with van der Waals surface area (Å²) in [5.74, 6) is 0.870. The minimum absolute atomic E-state index is 0.335. The molecule has 0 bridgehead atoms. The van der Waals surface area contributed by atoms with Gasteiger partial charge < -0.3 is 10.2 Å². The normalized spacial score (nSPS) is 23.9. The van der Waals surface area contributed by atoms with Crippen LogP contribution in [0, 0.1) is 5.41 Å². The van der Waals surface area contributed by atoms with E-state index in [1.54, 1.807) is 0 Å². The predicted octanol–water partition coefficient (Wildman–Crippen LogP) is 2.38. The quantitative estimate of drug-likeness (QED) is 0.915. The highest BCUT2D eigenvalue weighted by atomic mass is 15.1. The lowest BCUT2D eigenvalue weighted by Crippen LogP contribution is -2.29. The third-order valence-corrected chi connectivity index (χ3v) is 3.89. The van der Waals surface area contributed by atoms with Gasteiger partial charge in [-0.2, -0.15) is 0 Å². The van der Waals surface area contributed by atoms with Crippen molar-refractivity contribution in [1.29, 1.82) is 0 Å². The number of likely N-dealkylation sites (tertiary alicyclic amines) is 1. The molecule has 1 unspecified atom stereocenters. The lowest BCUT2D eigenvalue weighted by molar-refractivity contribution is 0.325. The van der Waals surface area contributed by atoms with E-state index in [2.05, 4.69) is 34.2 Å². The molecule has 3 rings (SSSR count). The Balaban J connectivity index is 1.71. The molecule has 2 aromatic rings. The Labute approximate surface area is 113 Å². The fraction of sp³-hybridized carbons (Fsp3) is 0.467. The molecule has 1 aliphatic rings. The second-order valence-corrected chi connectivity index (χ2v) is 5.90. The largest absolute Gasteiger partial charge is 0.368 e. The summed E-state index contributed by atoms with van der Waals surface area (Å²) in [4.78, 5) is 11.4. The molecule has 4 nitrogen and oxygen atoms in total. The van der Waals surface area contributed by atoms with Crippen LogP contribution in [0.5, 0.6) is 0 Å². The van der Waals surface area contributed by atoms with Gasteiger partial charge in [0.1, 0.15) is 5.82 Å². The van der Waals surface area contributed by atoms with E-state index in [9.17, 15) is 0 Å². The Morgan fingerprint density at radius 3 is 2.84 bits per heavy atom. The van der Waals surface area contributed by atoms with E-state index < -0.39 is 0 Å². The first-order valence-electron chi connectivity index (χ1n) is 6.79. The van der Waals surface area contributed by atoms with Gasteiger partial charge >= 0.3 is 0 Å². The third kappa shape index (κ3) is 2.68. The number of benzene rings is 1. The summed E-state index contributed by atoms with van der Waals surface area (Å²) in [5, 5.41) is 3.44. The molecule has 1 aromatic heterocycles. The highest BCUT2D eigenvalue weighted by Gasteiger charge is 2.31. The molecular weight excluding hydrogens is 236 g/mol. The summed E-state index contributed by atoms with van der Waals surface area (Å²) in [6, 6.07) is 7.96. The van der Waals surface area contributed by atoms with E-state index in [1.807, 2.05) is 30.5 Å². The summed E-state index contributed by atoms with van der Waals surface area (Å²) >= 11 is 0. The number of nitrogens with zero attached hydrogens (tertiary/aromatic N) is 3. The topological polar surface area (TPSA) is 41.0 Å². The second-order valence-electron chi connectivity index (χ2n) is 5.90. The molecule has 1 atom stereocenters. The van der Waals surface area contributed by atoms with Gasteiger partial charge in [-0.25, -0.2) is 4.98 Å². The fourth-order valence-electron chi connectivity index (χ4n) is 2.76. The van der Waals surface area contributed by atoms with Crippen LogP contribution >= 0.6 is 0 Å². The molecule has 2 heterocycles. The average molecular weight is 256 g/mol. The first-order chi connectivity index (χ1) is 9.15. The van der Waals surface area contributed by atoms with Crippen molar-refractivity contribution in [3.63, 3.8) is 0 Å². The van der Waals surface area contributed by atoms with Crippen molar-refractivity contribution in [2.45, 2.75) is 13.3 Å². The molecule has 1 aromatic carbocycles. The summed E-state index contributed by atoms with van der Waals surface area (Å²) in [5.41, 5.74) is 2.23. The van der Waals surface area contributed by atoms with Crippen LogP contribution in [-0.2, 0) is 0 Å². The lowest BCUT2D eigenvalue weighted by Gasteiger charge is -2.24. The van der Waals surface area contributed by atoms with Crippen LogP contribution in [0.15, 0.2) is 30.5 Å². The SMILES string of the molecule is CN1CCC(C)(CNc2cnc3ccccc3n2)C1. The predicted molar refractivity (Wildman–Crippen MR) is 78.2 cm³/mol. The molecule has 1 N–H and O–H groups in total. The Hall–Kier alpha value is -1.68. The van der Waals surface area contributed by atoms with Crippen molar-refractivity contribution < 1.29 is 0 Å². The van der Waals surface area contributed by atoms with E-state index >= 15 is 0 Å². The van der Waals surface area contributed by atoms with Crippen molar-refractivity contribution in [3.8, 4) is 0 Å². The van der Waals surface area contributed by atoms with Crippen molar-refractivity contribution in [3.05, 3.63) is 30.5 Å². The molecule has 0 aliphatic carbocycles. The maximum Gasteiger partial charge on any atom is 0.145 e. The van der Waals surface area contributed by atoms with Gasteiger partial charge in [-0.3, -0.25) is 4.98 Å². The summed E-state index contributed by atoms with van der Waals surface area (Å²) in [6.07, 6.45) is 3.06. The van der Waals surface area contributed by atoms with Gasteiger partial charge in [0.15, 0.2) is 0 Å². The van der Waals surface area contributed by atoms with Crippen molar-refractivity contribution >= 4 is 16.9 Å². The number of nitrogens with one attached hydrogen (secondary N) is 1. The first-order valence-corrected chi connectivity index (χ1v) is 6.79. The maximum absolute atomic E-state index is 4.60. The lowest BCUT2D eigenvalue weighted by atomic mass is 9.90. The number of aromatic nitrogens is 2. The third-order valence-electron chi connectivity index (χ3n) is 3.89. The van der Waals surface area contributed by atoms with Crippen LogP contribution in [0.2, 0.25) is 0 Å². The Kier molecular flexibility index (Phi) is 3.11. The first kappa shape index (κ1) is 12.4. The maximum atomic E-state index is 4.60. The molecule has 0 spiro atoms. The van der Waals surface area contributed by atoms with Crippen molar-refractivity contribution in [2.24, 2.45) is 5.41 Å². The molecular formula is C15H20N4. The number of hydrogen-bond donors (Lipinski definition) is 1. The highest BCUT2D eigenvalue weighted by Crippen LogP contribution is 2.29. The van der Waals surface area contributed by atoms with Crippen LogP contribution in [0.25, 0.3) is 11.0 Å². The Bertz CT molecular complexity index is 583. The minimum atomic E-state index is 0.335. The van der Waals surface area contributed by atoms with Gasteiger partial charge in [0, 0.05) is 13.1 Å². The van der Waals surface area contributed by atoms with Crippen LogP contribution < -0.4 is 5.32 Å². The monoisotopic (exact) mass is 256 g/mol. The van der Waals surface area contributed by atoms with E-state index in [-0.39, 0.29) is 0 Å². The summed E-state index contributed by atoms with van der Waals surface area (Å²) < 4.78 is 0. The molecule has 4 heteroatoms. The zero-order valence-corrected chi connectivity index (χ0v) is 11.6. The highest BCUT2D eigenvalue weighted by molar-refractivity contribution is 5.75. The fourth-order valence-corrected chi connectivity index (χ4v) is 2.76. The molecule has 0 saturated carbocycles. The van der Waals surface area contributed by atoms with Crippen LogP contribution in [-0.4, -0.2) is 41.5 Å². The summed E-state index contributed by atoms with van der Waals surface area (Å²) in [7, 11) is 2.18. The number of hydrogen-bond acceptors (Lipinski definition) is 4. The number of rotatable bonds is 3. The molecule has 0 radical (unpaired) electrons. The zero-order valence-electron chi connectivity index (χ0n) is 11.6. The van der Waals surface area contributed by atoms with Gasteiger partial charge in [0.25, 0.3) is 0 Å². The van der Waals surface area contributed by atoms with Gasteiger partial charge in [-0.1, -0.05) is 19.1 Å². The Morgan fingerprint density at radius 2 is 2.11 bits per heavy atom. The second kappa shape index (κ2) is 4.78. The van der Waals surface area contributed by atoms with Crippen LogP contribution in [0.3, 0.4) is 0 Å². The summed E-state index contributed by atoms with van der Waals surface area (Å²) in [6.45, 7) is 5.60. The van der Waals surface area contributed by atoms with Crippen LogP contribution in [0.1, 0.15) is 13.3 Å². The van der Waals surface area contributed by atoms with E-state index in [4.69, 9.17) is 0 Å². The molecule has 1 aliphatic heterocycles. The number of anilines is 1. The van der Waals surface area contributed by atoms with Gasteiger partial charge in [-0.05, 0) is 37.6 Å². The zero-order chi connectivity index (χ0) is 13.3. The molecule has 0 amide bonds. The van der Waals surface area contributed by atoms with Crippen molar-refractivity contribution in [1.82, 2.24) is 14.9 Å². The molecule has 19 heavy (non-hydrogen) atoms. The van der Waals surface area contributed by atoms with Gasteiger partial charge in [-0.15, -0.1) is 0 Å². The number of fused-ring (bicyclic) bond motifs is 1. The van der Waals surface area contributed by atoms with Gasteiger partial charge in [0.05, 0.1) is 17.2 Å².